The largest absolute Gasteiger partial charge is 0.325 e. The van der Waals surface area contributed by atoms with Crippen LogP contribution in [0.4, 0.5) is 0 Å². The zero-order chi connectivity index (χ0) is 13.1. The van der Waals surface area contributed by atoms with Crippen LogP contribution in [-0.4, -0.2) is 11.0 Å². The third-order valence-corrected chi connectivity index (χ3v) is 3.05. The number of hydrogen-bond donors (Lipinski definition) is 2. The van der Waals surface area contributed by atoms with E-state index in [-0.39, 0.29) is 11.0 Å². The first-order chi connectivity index (χ1) is 7.84. The predicted octanol–water partition coefficient (Wildman–Crippen LogP) is 2.56. The summed E-state index contributed by atoms with van der Waals surface area (Å²) < 4.78 is 0. The lowest BCUT2D eigenvalue weighted by Gasteiger charge is -2.19. The molecule has 1 aromatic heterocycles. The smallest absolute Gasteiger partial charge is 0.252 e. The molecule has 0 radical (unpaired) electrons. The Hall–Kier alpha value is -1.09. The molecule has 3 nitrogen and oxygen atoms in total. The van der Waals surface area contributed by atoms with E-state index in [0.717, 1.165) is 17.7 Å². The Balaban J connectivity index is 2.81. The highest BCUT2D eigenvalue weighted by Crippen LogP contribution is 2.18. The summed E-state index contributed by atoms with van der Waals surface area (Å²) in [5.74, 6) is 0. The van der Waals surface area contributed by atoms with E-state index in [1.165, 1.54) is 0 Å². The molecule has 3 heteroatoms. The van der Waals surface area contributed by atoms with Crippen molar-refractivity contribution in [3.63, 3.8) is 0 Å². The summed E-state index contributed by atoms with van der Waals surface area (Å²) >= 11 is 0. The van der Waals surface area contributed by atoms with Crippen LogP contribution in [0.3, 0.4) is 0 Å². The van der Waals surface area contributed by atoms with Gasteiger partial charge in [0.25, 0.3) is 5.56 Å². The number of H-pyrrole nitrogens is 1. The molecule has 0 saturated heterocycles. The van der Waals surface area contributed by atoms with Crippen LogP contribution in [0.5, 0.6) is 0 Å². The van der Waals surface area contributed by atoms with E-state index in [9.17, 15) is 4.79 Å². The van der Waals surface area contributed by atoms with Gasteiger partial charge in [-0.25, -0.2) is 0 Å². The van der Waals surface area contributed by atoms with Crippen molar-refractivity contribution in [3.05, 3.63) is 33.7 Å². The minimum Gasteiger partial charge on any atom is -0.325 e. The van der Waals surface area contributed by atoms with Crippen molar-refractivity contribution in [1.29, 1.82) is 0 Å². The molecule has 0 fully saturated rings. The van der Waals surface area contributed by atoms with Crippen molar-refractivity contribution >= 4 is 0 Å². The molecule has 0 bridgehead atoms. The summed E-state index contributed by atoms with van der Waals surface area (Å²) in [6, 6.07) is 4.38. The summed E-state index contributed by atoms with van der Waals surface area (Å²) in [4.78, 5) is 14.9. The number of nitrogens with one attached hydrogen (secondary N) is 2. The summed E-state index contributed by atoms with van der Waals surface area (Å²) in [6.07, 6.45) is 1.07. The van der Waals surface area contributed by atoms with E-state index >= 15 is 0 Å². The normalized spacial score (nSPS) is 13.7. The summed E-state index contributed by atoms with van der Waals surface area (Å²) in [5, 5.41) is 3.33. The van der Waals surface area contributed by atoms with E-state index in [2.05, 4.69) is 44.9 Å². The van der Waals surface area contributed by atoms with Gasteiger partial charge in [-0.1, -0.05) is 33.8 Å². The standard InChI is InChI=1S/C14H24N2O/c1-6-10(2)15-9-11-7-8-12(14(3,4)5)16-13(11)17/h7-8,10,15H,6,9H2,1-5H3,(H,16,17). The molecule has 17 heavy (non-hydrogen) atoms. The number of rotatable bonds is 4. The Morgan fingerprint density at radius 1 is 1.35 bits per heavy atom. The Morgan fingerprint density at radius 3 is 2.47 bits per heavy atom. The molecular formula is C14H24N2O. The van der Waals surface area contributed by atoms with Crippen molar-refractivity contribution < 1.29 is 0 Å². The van der Waals surface area contributed by atoms with Gasteiger partial charge in [-0.05, 0) is 19.4 Å². The molecule has 1 aromatic rings. The second-order valence-electron chi connectivity index (χ2n) is 5.67. The fourth-order valence-electron chi connectivity index (χ4n) is 1.51. The van der Waals surface area contributed by atoms with Gasteiger partial charge in [0, 0.05) is 29.3 Å². The summed E-state index contributed by atoms with van der Waals surface area (Å²) in [7, 11) is 0. The average Bonchev–Trinajstić information content (AvgIpc) is 2.25. The van der Waals surface area contributed by atoms with Crippen molar-refractivity contribution in [2.45, 2.75) is 59.0 Å². The molecule has 0 aliphatic carbocycles. The minimum atomic E-state index is -0.0121. The average molecular weight is 236 g/mol. The number of aromatic nitrogens is 1. The third-order valence-electron chi connectivity index (χ3n) is 3.05. The zero-order valence-electron chi connectivity index (χ0n) is 11.6. The molecule has 0 aliphatic rings. The molecule has 2 N–H and O–H groups in total. The van der Waals surface area contributed by atoms with Crippen LogP contribution < -0.4 is 10.9 Å². The van der Waals surface area contributed by atoms with Gasteiger partial charge in [-0.15, -0.1) is 0 Å². The van der Waals surface area contributed by atoms with E-state index < -0.39 is 0 Å². The second-order valence-corrected chi connectivity index (χ2v) is 5.67. The van der Waals surface area contributed by atoms with Gasteiger partial charge < -0.3 is 10.3 Å². The maximum absolute atomic E-state index is 11.9. The van der Waals surface area contributed by atoms with Crippen LogP contribution in [0, 0.1) is 0 Å². The quantitative estimate of drug-likeness (QED) is 0.844. The van der Waals surface area contributed by atoms with Crippen LogP contribution in [0.25, 0.3) is 0 Å². The molecular weight excluding hydrogens is 212 g/mol. The van der Waals surface area contributed by atoms with Crippen LogP contribution in [0.15, 0.2) is 16.9 Å². The molecule has 0 spiro atoms. The molecule has 0 aliphatic heterocycles. The van der Waals surface area contributed by atoms with E-state index in [4.69, 9.17) is 0 Å². The van der Waals surface area contributed by atoms with Crippen LogP contribution in [-0.2, 0) is 12.0 Å². The molecule has 1 atom stereocenters. The molecule has 1 heterocycles. The van der Waals surface area contributed by atoms with Gasteiger partial charge in [-0.2, -0.15) is 0 Å². The number of pyridine rings is 1. The zero-order valence-corrected chi connectivity index (χ0v) is 11.6. The van der Waals surface area contributed by atoms with Crippen LogP contribution >= 0.6 is 0 Å². The van der Waals surface area contributed by atoms with E-state index in [1.807, 2.05) is 12.1 Å². The topological polar surface area (TPSA) is 44.9 Å². The van der Waals surface area contributed by atoms with Gasteiger partial charge in [0.15, 0.2) is 0 Å². The first-order valence-electron chi connectivity index (χ1n) is 6.30. The maximum atomic E-state index is 11.9. The van der Waals surface area contributed by atoms with E-state index in [0.29, 0.717) is 12.6 Å². The van der Waals surface area contributed by atoms with Crippen molar-refractivity contribution in [2.24, 2.45) is 0 Å². The fourth-order valence-corrected chi connectivity index (χ4v) is 1.51. The van der Waals surface area contributed by atoms with Gasteiger partial charge >= 0.3 is 0 Å². The van der Waals surface area contributed by atoms with Crippen molar-refractivity contribution in [1.82, 2.24) is 10.3 Å². The SMILES string of the molecule is CCC(C)NCc1ccc(C(C)(C)C)[nH]c1=O. The fraction of sp³-hybridized carbons (Fsp3) is 0.643. The first kappa shape index (κ1) is 14.0. The lowest BCUT2D eigenvalue weighted by Crippen LogP contribution is -2.29. The van der Waals surface area contributed by atoms with Gasteiger partial charge in [0.2, 0.25) is 0 Å². The highest BCUT2D eigenvalue weighted by Gasteiger charge is 2.15. The predicted molar refractivity (Wildman–Crippen MR) is 72.4 cm³/mol. The maximum Gasteiger partial charge on any atom is 0.252 e. The molecule has 1 rings (SSSR count). The third kappa shape index (κ3) is 4.00. The first-order valence-corrected chi connectivity index (χ1v) is 6.30. The van der Waals surface area contributed by atoms with Gasteiger partial charge in [0.05, 0.1) is 0 Å². The highest BCUT2D eigenvalue weighted by molar-refractivity contribution is 5.19. The van der Waals surface area contributed by atoms with Crippen molar-refractivity contribution in [2.75, 3.05) is 0 Å². The monoisotopic (exact) mass is 236 g/mol. The number of hydrogen-bond acceptors (Lipinski definition) is 2. The lowest BCUT2D eigenvalue weighted by atomic mass is 9.91. The van der Waals surface area contributed by atoms with Gasteiger partial charge in [-0.3, -0.25) is 4.79 Å². The molecule has 0 amide bonds. The van der Waals surface area contributed by atoms with E-state index in [1.54, 1.807) is 0 Å². The van der Waals surface area contributed by atoms with Gasteiger partial charge in [0.1, 0.15) is 0 Å². The summed E-state index contributed by atoms with van der Waals surface area (Å²) in [5.41, 5.74) is 1.79. The second kappa shape index (κ2) is 5.50. The lowest BCUT2D eigenvalue weighted by molar-refractivity contribution is 0.529. The molecule has 1 unspecified atom stereocenters. The minimum absolute atomic E-state index is 0.0121. The van der Waals surface area contributed by atoms with Crippen molar-refractivity contribution in [3.8, 4) is 0 Å². The Kier molecular flexibility index (Phi) is 4.52. The Labute approximate surface area is 104 Å². The summed E-state index contributed by atoms with van der Waals surface area (Å²) in [6.45, 7) is 11.2. The van der Waals surface area contributed by atoms with Crippen LogP contribution in [0.1, 0.15) is 52.3 Å². The highest BCUT2D eigenvalue weighted by atomic mass is 16.1. The Bertz CT molecular complexity index is 415. The Morgan fingerprint density at radius 2 is 2.00 bits per heavy atom. The number of aromatic amines is 1. The molecule has 0 aromatic carbocycles. The molecule has 96 valence electrons. The van der Waals surface area contributed by atoms with Crippen LogP contribution in [0.2, 0.25) is 0 Å². The molecule has 0 saturated carbocycles.